The zero-order chi connectivity index (χ0) is 48.4. The summed E-state index contributed by atoms with van der Waals surface area (Å²) in [5.41, 5.74) is 0.895. The molecule has 2 aromatic rings. The third kappa shape index (κ3) is 18.1. The van der Waals surface area contributed by atoms with Gasteiger partial charge in [-0.25, -0.2) is 9.59 Å². The van der Waals surface area contributed by atoms with Crippen LogP contribution in [0.2, 0.25) is 0 Å². The van der Waals surface area contributed by atoms with Crippen molar-refractivity contribution in [2.75, 3.05) is 19.6 Å². The molecule has 2 aliphatic heterocycles. The number of hydrogen-bond acceptors (Lipinski definition) is 11. The fourth-order valence-electron chi connectivity index (χ4n) is 7.74. The molecule has 0 aromatic heterocycles. The van der Waals surface area contributed by atoms with Crippen LogP contribution in [0.5, 0.6) is 0 Å². The number of thioether (sulfide) groups is 1. The Morgan fingerprint density at radius 2 is 1.50 bits per heavy atom. The maximum atomic E-state index is 14.6. The number of carbonyl (C=O) groups is 7. The van der Waals surface area contributed by atoms with E-state index in [9.17, 15) is 33.6 Å². The Balaban J connectivity index is 1.46. The molecule has 1 unspecified atom stereocenters. The van der Waals surface area contributed by atoms with Crippen molar-refractivity contribution in [1.29, 1.82) is 0 Å². The lowest BCUT2D eigenvalue weighted by molar-refractivity contribution is -0.144. The van der Waals surface area contributed by atoms with Crippen molar-refractivity contribution >= 4 is 58.5 Å². The largest absolute Gasteiger partial charge is 0.445 e. The van der Waals surface area contributed by atoms with Crippen molar-refractivity contribution in [3.05, 3.63) is 71.8 Å². The highest BCUT2D eigenvalue weighted by molar-refractivity contribution is 8.14. The maximum absolute atomic E-state index is 14.6. The number of amides is 6. The van der Waals surface area contributed by atoms with Gasteiger partial charge in [0.05, 0.1) is 6.04 Å². The first-order valence-electron chi connectivity index (χ1n) is 23.2. The van der Waals surface area contributed by atoms with Crippen LogP contribution in [0.25, 0.3) is 0 Å². The molecule has 4 rings (SSSR count). The predicted molar refractivity (Wildman–Crippen MR) is 255 cm³/mol. The van der Waals surface area contributed by atoms with E-state index in [2.05, 4.69) is 31.6 Å². The van der Waals surface area contributed by atoms with Crippen LogP contribution >= 0.6 is 11.8 Å². The van der Waals surface area contributed by atoms with E-state index in [0.29, 0.717) is 37.4 Å². The number of carbonyl (C=O) groups excluding carboxylic acids is 7. The van der Waals surface area contributed by atoms with Gasteiger partial charge >= 0.3 is 12.2 Å². The number of nitrogens with zero attached hydrogens (tertiary/aromatic N) is 2. The molecule has 0 spiro atoms. The van der Waals surface area contributed by atoms with Gasteiger partial charge in [-0.3, -0.25) is 29.0 Å². The van der Waals surface area contributed by atoms with Crippen LogP contribution in [-0.2, 0) is 46.5 Å². The third-order valence-electron chi connectivity index (χ3n) is 11.1. The number of likely N-dealkylation sites (tertiary alicyclic amines) is 1. The summed E-state index contributed by atoms with van der Waals surface area (Å²) < 4.78 is 10.8. The Morgan fingerprint density at radius 3 is 2.12 bits per heavy atom. The Kier molecular flexibility index (Phi) is 21.0. The lowest BCUT2D eigenvalue weighted by atomic mass is 9.88. The molecule has 362 valence electrons. The highest BCUT2D eigenvalue weighted by Gasteiger charge is 2.40. The van der Waals surface area contributed by atoms with Gasteiger partial charge < -0.3 is 41.0 Å². The smallest absolute Gasteiger partial charge is 0.408 e. The molecular formula is C49H71N7O9S. The number of ketones is 1. The number of aliphatic imine (C=N–C) groups is 1. The number of benzene rings is 2. The lowest BCUT2D eigenvalue weighted by Crippen LogP contribution is -2.58. The lowest BCUT2D eigenvalue weighted by Gasteiger charge is -2.31. The minimum Gasteiger partial charge on any atom is -0.445 e. The highest BCUT2D eigenvalue weighted by Crippen LogP contribution is 2.26. The summed E-state index contributed by atoms with van der Waals surface area (Å²) in [6.07, 6.45) is 1.26. The fourth-order valence-corrected chi connectivity index (χ4v) is 8.67. The number of rotatable bonds is 21. The maximum Gasteiger partial charge on any atom is 0.408 e. The van der Waals surface area contributed by atoms with Crippen LogP contribution in [-0.4, -0.2) is 106 Å². The molecule has 2 aromatic carbocycles. The Bertz CT molecular complexity index is 1980. The van der Waals surface area contributed by atoms with E-state index in [1.54, 1.807) is 34.6 Å². The second kappa shape index (κ2) is 26.0. The van der Waals surface area contributed by atoms with Crippen LogP contribution in [0.1, 0.15) is 111 Å². The van der Waals surface area contributed by atoms with Crippen molar-refractivity contribution in [2.45, 2.75) is 148 Å². The molecule has 6 atom stereocenters. The van der Waals surface area contributed by atoms with Crippen LogP contribution in [0.15, 0.2) is 65.7 Å². The van der Waals surface area contributed by atoms with Crippen molar-refractivity contribution in [2.24, 2.45) is 22.7 Å². The molecule has 0 saturated carbocycles. The summed E-state index contributed by atoms with van der Waals surface area (Å²) in [7, 11) is 0. The van der Waals surface area contributed by atoms with Crippen LogP contribution < -0.4 is 26.6 Å². The molecule has 1 saturated heterocycles. The summed E-state index contributed by atoms with van der Waals surface area (Å²) in [5, 5.41) is 14.7. The van der Waals surface area contributed by atoms with Gasteiger partial charge in [0.25, 0.3) is 0 Å². The number of amidine groups is 1. The van der Waals surface area contributed by atoms with E-state index < -0.39 is 71.5 Å². The van der Waals surface area contributed by atoms with Crippen molar-refractivity contribution in [1.82, 2.24) is 31.5 Å². The number of hydrogen-bond donors (Lipinski definition) is 5. The molecule has 0 radical (unpaired) electrons. The summed E-state index contributed by atoms with van der Waals surface area (Å²) in [4.78, 5) is 102. The highest BCUT2D eigenvalue weighted by atomic mass is 32.2. The predicted octanol–water partition coefficient (Wildman–Crippen LogP) is 6.06. The SMILES string of the molecule is CC(C)C[C@H](NC(=O)OC(C)(C)C)C(=O)C[C@H](Cc1ccccc1)C(=O)N1CCC[C@H]1C(=O)N[C@H](C(=O)N[C@H](CCCNC(=O)OCc1ccccc1)C(=O)NC1=NCCC(C)S1)C(C)C. The molecule has 16 nitrogen and oxygen atoms in total. The van der Waals surface area contributed by atoms with E-state index in [1.165, 1.54) is 16.7 Å². The Hall–Kier alpha value is -5.45. The molecule has 17 heteroatoms. The molecule has 2 aliphatic rings. The molecule has 0 bridgehead atoms. The second-order valence-electron chi connectivity index (χ2n) is 18.9. The molecule has 2 heterocycles. The van der Waals surface area contributed by atoms with Gasteiger partial charge in [0.15, 0.2) is 11.0 Å². The van der Waals surface area contributed by atoms with E-state index in [1.807, 2.05) is 81.4 Å². The molecule has 0 aliphatic carbocycles. The zero-order valence-corrected chi connectivity index (χ0v) is 40.7. The van der Waals surface area contributed by atoms with E-state index >= 15 is 0 Å². The van der Waals surface area contributed by atoms with E-state index in [-0.39, 0.29) is 61.8 Å². The summed E-state index contributed by atoms with van der Waals surface area (Å²) in [6, 6.07) is 14.7. The summed E-state index contributed by atoms with van der Waals surface area (Å²) in [5.74, 6) is -3.49. The standard InChI is InChI=1S/C49H71N7O9S/c1-31(2)27-38(53-48(63)65-49(6,7)8)40(57)29-36(28-34-17-11-9-12-18-34)45(61)56-26-16-22-39(56)43(59)54-41(32(3)4)44(60)52-37(42(58)55-46-50-25-23-33(5)66-46)21-15-24-51-47(62)64-30-35-19-13-10-14-20-35/h9-14,17-20,31-33,36-39,41H,15-16,21-30H2,1-8H3,(H,51,62)(H,52,60)(H,53,63)(H,54,59)(H,50,55,58)/t33?,36-,37+,38-,39-,41-/m0/s1. The van der Waals surface area contributed by atoms with Gasteiger partial charge in [-0.1, -0.05) is 107 Å². The van der Waals surface area contributed by atoms with Gasteiger partial charge in [-0.15, -0.1) is 0 Å². The van der Waals surface area contributed by atoms with Crippen molar-refractivity contribution in [3.8, 4) is 0 Å². The molecule has 6 amide bonds. The monoisotopic (exact) mass is 934 g/mol. The average Bonchev–Trinajstić information content (AvgIpc) is 3.75. The van der Waals surface area contributed by atoms with E-state index in [0.717, 1.165) is 17.5 Å². The van der Waals surface area contributed by atoms with Gasteiger partial charge in [0, 0.05) is 37.2 Å². The van der Waals surface area contributed by atoms with Gasteiger partial charge in [0.1, 0.15) is 30.3 Å². The first-order valence-corrected chi connectivity index (χ1v) is 24.1. The quantitative estimate of drug-likeness (QED) is 0.0913. The third-order valence-corrected chi connectivity index (χ3v) is 12.2. The van der Waals surface area contributed by atoms with Gasteiger partial charge in [-0.05, 0) is 88.7 Å². The number of nitrogens with one attached hydrogen (secondary N) is 5. The average molecular weight is 934 g/mol. The van der Waals surface area contributed by atoms with Crippen LogP contribution in [0.4, 0.5) is 9.59 Å². The number of Topliss-reactive ketones (excluding diaryl/α,β-unsaturated/α-hetero) is 1. The first-order chi connectivity index (χ1) is 31.3. The normalized spacial score (nSPS) is 18.0. The second-order valence-corrected chi connectivity index (χ2v) is 20.3. The van der Waals surface area contributed by atoms with Crippen molar-refractivity contribution in [3.63, 3.8) is 0 Å². The van der Waals surface area contributed by atoms with Crippen molar-refractivity contribution < 1.29 is 43.0 Å². The summed E-state index contributed by atoms with van der Waals surface area (Å²) in [6.45, 7) is 15.8. The van der Waals surface area contributed by atoms with Crippen LogP contribution in [0, 0.1) is 17.8 Å². The first kappa shape index (κ1) is 53.2. The van der Waals surface area contributed by atoms with Crippen LogP contribution in [0.3, 0.4) is 0 Å². The topological polar surface area (TPSA) is 214 Å². The Labute approximate surface area is 394 Å². The zero-order valence-electron chi connectivity index (χ0n) is 39.9. The minimum absolute atomic E-state index is 0.0480. The molecule has 66 heavy (non-hydrogen) atoms. The number of alkyl carbamates (subject to hydrolysis) is 2. The van der Waals surface area contributed by atoms with E-state index in [4.69, 9.17) is 9.47 Å². The number of ether oxygens (including phenoxy) is 2. The summed E-state index contributed by atoms with van der Waals surface area (Å²) >= 11 is 1.44. The molecule has 1 fully saturated rings. The van der Waals surface area contributed by atoms with Gasteiger partial charge in [0.2, 0.25) is 23.6 Å². The molecule has 5 N–H and O–H groups in total. The molecular weight excluding hydrogens is 863 g/mol. The minimum atomic E-state index is -1.07. The Morgan fingerprint density at radius 1 is 0.833 bits per heavy atom. The van der Waals surface area contributed by atoms with Gasteiger partial charge in [-0.2, -0.15) is 0 Å². The fraction of sp³-hybridized carbons (Fsp3) is 0.592.